The molecule has 2 aromatic heterocycles. The Morgan fingerprint density at radius 3 is 3.08 bits per heavy atom. The third-order valence-corrected chi connectivity index (χ3v) is 1.57. The lowest BCUT2D eigenvalue weighted by atomic mass is 10.4. The molecule has 0 aliphatic heterocycles. The van der Waals surface area contributed by atoms with Gasteiger partial charge in [-0.15, -0.1) is 0 Å². The summed E-state index contributed by atoms with van der Waals surface area (Å²) in [4.78, 5) is 20.8. The van der Waals surface area contributed by atoms with Crippen LogP contribution in [0.25, 0.3) is 11.0 Å². The topological polar surface area (TPSA) is 84.7 Å². The second kappa shape index (κ2) is 2.30. The molecule has 0 spiro atoms. The van der Waals surface area contributed by atoms with Crippen LogP contribution in [0.5, 0.6) is 0 Å². The lowest BCUT2D eigenvalue weighted by Gasteiger charge is -1.94. The molecule has 2 aromatic rings. The van der Waals surface area contributed by atoms with Crippen molar-refractivity contribution in [3.05, 3.63) is 18.1 Å². The summed E-state index contributed by atoms with van der Waals surface area (Å²) in [6.07, 6.45) is 2.26. The Kier molecular flexibility index (Phi) is 1.30. The minimum absolute atomic E-state index is 0.0995. The van der Waals surface area contributed by atoms with Gasteiger partial charge >= 0.3 is 0 Å². The molecule has 5 heteroatoms. The molecule has 0 fully saturated rings. The van der Waals surface area contributed by atoms with Crippen molar-refractivity contribution >= 4 is 23.1 Å². The normalized spacial score (nSPS) is 10.3. The summed E-state index contributed by atoms with van der Waals surface area (Å²) < 4.78 is 0. The van der Waals surface area contributed by atoms with Gasteiger partial charge in [-0.3, -0.25) is 4.79 Å². The van der Waals surface area contributed by atoms with E-state index in [1.54, 1.807) is 12.3 Å². The molecule has 0 amide bonds. The van der Waals surface area contributed by atoms with Gasteiger partial charge in [0, 0.05) is 6.20 Å². The van der Waals surface area contributed by atoms with Crippen LogP contribution in [0.1, 0.15) is 10.6 Å². The van der Waals surface area contributed by atoms with Crippen molar-refractivity contribution in [3.63, 3.8) is 0 Å². The zero-order valence-corrected chi connectivity index (χ0v) is 6.11. The zero-order valence-electron chi connectivity index (χ0n) is 6.11. The van der Waals surface area contributed by atoms with Crippen molar-refractivity contribution in [3.8, 4) is 0 Å². The average molecular weight is 162 g/mol. The van der Waals surface area contributed by atoms with E-state index in [0.29, 0.717) is 17.8 Å². The molecule has 0 aliphatic rings. The number of rotatable bonds is 1. The number of aromatic amines is 1. The minimum atomic E-state index is 0.0995. The van der Waals surface area contributed by atoms with Crippen LogP contribution in [0.3, 0.4) is 0 Å². The predicted molar refractivity (Wildman–Crippen MR) is 43.7 cm³/mol. The number of fused-ring (bicyclic) bond motifs is 1. The first-order valence-corrected chi connectivity index (χ1v) is 3.37. The van der Waals surface area contributed by atoms with E-state index in [1.807, 2.05) is 0 Å². The number of H-pyrrole nitrogens is 1. The quantitative estimate of drug-likeness (QED) is 0.592. The first kappa shape index (κ1) is 6.78. The van der Waals surface area contributed by atoms with E-state index in [0.717, 1.165) is 5.39 Å². The molecule has 0 radical (unpaired) electrons. The maximum atomic E-state index is 10.3. The smallest absolute Gasteiger partial charge is 0.196 e. The first-order valence-electron chi connectivity index (χ1n) is 3.37. The maximum Gasteiger partial charge on any atom is 0.196 e. The standard InChI is InChI=1S/C7H6N4O/c8-6-4-1-2-9-7(4)11-5(3-12)10-6/h1-3H,(H3,8,9,10,11). The van der Waals surface area contributed by atoms with Gasteiger partial charge in [-0.1, -0.05) is 0 Å². The second-order valence-electron chi connectivity index (χ2n) is 2.32. The lowest BCUT2D eigenvalue weighted by molar-refractivity contribution is 0.111. The van der Waals surface area contributed by atoms with Gasteiger partial charge in [0.25, 0.3) is 0 Å². The van der Waals surface area contributed by atoms with Crippen molar-refractivity contribution in [1.82, 2.24) is 15.0 Å². The SMILES string of the molecule is Nc1nc(C=O)nc2[nH]ccc12. The molecule has 3 N–H and O–H groups in total. The highest BCUT2D eigenvalue weighted by Crippen LogP contribution is 2.14. The third kappa shape index (κ3) is 0.833. The van der Waals surface area contributed by atoms with Crippen LogP contribution >= 0.6 is 0 Å². The summed E-state index contributed by atoms with van der Waals surface area (Å²) >= 11 is 0. The Balaban J connectivity index is 2.83. The van der Waals surface area contributed by atoms with E-state index in [1.165, 1.54) is 0 Å². The number of aldehydes is 1. The predicted octanol–water partition coefficient (Wildman–Crippen LogP) is 0.353. The van der Waals surface area contributed by atoms with Crippen molar-refractivity contribution < 1.29 is 4.79 Å². The van der Waals surface area contributed by atoms with E-state index in [4.69, 9.17) is 5.73 Å². The monoisotopic (exact) mass is 162 g/mol. The number of nitrogens with zero attached hydrogens (tertiary/aromatic N) is 2. The van der Waals surface area contributed by atoms with Gasteiger partial charge in [-0.25, -0.2) is 9.97 Å². The highest BCUT2D eigenvalue weighted by atomic mass is 16.1. The Morgan fingerprint density at radius 1 is 1.50 bits per heavy atom. The molecule has 2 rings (SSSR count). The maximum absolute atomic E-state index is 10.3. The fourth-order valence-electron chi connectivity index (χ4n) is 1.04. The Bertz CT molecular complexity index is 434. The van der Waals surface area contributed by atoms with E-state index >= 15 is 0 Å². The number of hydrogen-bond acceptors (Lipinski definition) is 4. The first-order chi connectivity index (χ1) is 5.81. The van der Waals surface area contributed by atoms with Crippen LogP contribution < -0.4 is 5.73 Å². The van der Waals surface area contributed by atoms with E-state index in [2.05, 4.69) is 15.0 Å². The van der Waals surface area contributed by atoms with Crippen LogP contribution in [0, 0.1) is 0 Å². The van der Waals surface area contributed by atoms with E-state index < -0.39 is 0 Å². The summed E-state index contributed by atoms with van der Waals surface area (Å²) in [6.45, 7) is 0. The highest BCUT2D eigenvalue weighted by Gasteiger charge is 2.03. The van der Waals surface area contributed by atoms with Crippen LogP contribution in [-0.2, 0) is 0 Å². The van der Waals surface area contributed by atoms with Crippen molar-refractivity contribution in [1.29, 1.82) is 0 Å². The largest absolute Gasteiger partial charge is 0.383 e. The summed E-state index contributed by atoms with van der Waals surface area (Å²) in [6, 6.07) is 1.76. The summed E-state index contributed by atoms with van der Waals surface area (Å²) in [5.74, 6) is 0.422. The molecule has 0 saturated carbocycles. The lowest BCUT2D eigenvalue weighted by Crippen LogP contribution is -1.98. The van der Waals surface area contributed by atoms with Crippen molar-refractivity contribution in [2.75, 3.05) is 5.73 Å². The van der Waals surface area contributed by atoms with Gasteiger partial charge in [-0.05, 0) is 6.07 Å². The summed E-state index contributed by atoms with van der Waals surface area (Å²) in [5.41, 5.74) is 6.13. The Hall–Kier alpha value is -1.91. The van der Waals surface area contributed by atoms with Gasteiger partial charge in [0.1, 0.15) is 11.5 Å². The Labute approximate surface area is 67.6 Å². The van der Waals surface area contributed by atoms with Gasteiger partial charge in [0.2, 0.25) is 0 Å². The minimum Gasteiger partial charge on any atom is -0.383 e. The van der Waals surface area contributed by atoms with Crippen molar-refractivity contribution in [2.24, 2.45) is 0 Å². The highest BCUT2D eigenvalue weighted by molar-refractivity contribution is 5.88. The third-order valence-electron chi connectivity index (χ3n) is 1.57. The number of carbonyl (C=O) groups excluding carboxylic acids is 1. The number of anilines is 1. The zero-order chi connectivity index (χ0) is 8.55. The van der Waals surface area contributed by atoms with Gasteiger partial charge in [0.15, 0.2) is 12.1 Å². The fourth-order valence-corrected chi connectivity index (χ4v) is 1.04. The van der Waals surface area contributed by atoms with Gasteiger partial charge in [0.05, 0.1) is 5.39 Å². The van der Waals surface area contributed by atoms with Crippen molar-refractivity contribution in [2.45, 2.75) is 0 Å². The number of carbonyl (C=O) groups is 1. The molecule has 0 aromatic carbocycles. The molecule has 0 saturated heterocycles. The number of hydrogen-bond donors (Lipinski definition) is 2. The molecular formula is C7H6N4O. The molecule has 5 nitrogen and oxygen atoms in total. The van der Waals surface area contributed by atoms with Crippen LogP contribution in [-0.4, -0.2) is 21.2 Å². The summed E-state index contributed by atoms with van der Waals surface area (Å²) in [7, 11) is 0. The number of nitrogens with one attached hydrogen (secondary N) is 1. The molecule has 60 valence electrons. The van der Waals surface area contributed by atoms with Crippen LogP contribution in [0.15, 0.2) is 12.3 Å². The molecule has 0 bridgehead atoms. The fraction of sp³-hybridized carbons (Fsp3) is 0. The number of aromatic nitrogens is 3. The molecule has 0 unspecified atom stereocenters. The molecule has 0 atom stereocenters. The van der Waals surface area contributed by atoms with E-state index in [-0.39, 0.29) is 5.82 Å². The Morgan fingerprint density at radius 2 is 2.33 bits per heavy atom. The number of nitrogens with two attached hydrogens (primary N) is 1. The van der Waals surface area contributed by atoms with Gasteiger partial charge < -0.3 is 10.7 Å². The molecule has 2 heterocycles. The van der Waals surface area contributed by atoms with Crippen LogP contribution in [0.2, 0.25) is 0 Å². The van der Waals surface area contributed by atoms with E-state index in [9.17, 15) is 4.79 Å². The number of nitrogen functional groups attached to an aromatic ring is 1. The molecule has 0 aliphatic carbocycles. The van der Waals surface area contributed by atoms with Gasteiger partial charge in [-0.2, -0.15) is 0 Å². The average Bonchev–Trinajstić information content (AvgIpc) is 2.52. The molecule has 12 heavy (non-hydrogen) atoms. The van der Waals surface area contributed by atoms with Crippen LogP contribution in [0.4, 0.5) is 5.82 Å². The summed E-state index contributed by atoms with van der Waals surface area (Å²) in [5, 5.41) is 0.737. The molecular weight excluding hydrogens is 156 g/mol. The second-order valence-corrected chi connectivity index (χ2v) is 2.32.